The highest BCUT2D eigenvalue weighted by atomic mass is 79.9. The number of likely N-dealkylation sites (N-methyl/N-ethyl adjacent to an activating group) is 1. The molecule has 28 heavy (non-hydrogen) atoms. The molecule has 2 N–H and O–H groups in total. The standard InChI is InChI=1S/C21H22BrN3O3/c1-14-12-17(22)9-10-18(14)24-19(26)13-25(3)20(27)11-6-15-4-7-16(8-5-15)21(28)23-2/h4-12H,13H2,1-3H3,(H,23,28)(H,24,26)/b11-6+. The fourth-order valence-electron chi connectivity index (χ4n) is 2.44. The normalized spacial score (nSPS) is 10.6. The third kappa shape index (κ3) is 6.06. The van der Waals surface area contributed by atoms with Crippen LogP contribution in [-0.4, -0.2) is 43.3 Å². The van der Waals surface area contributed by atoms with Crippen molar-refractivity contribution in [1.29, 1.82) is 0 Å². The molecule has 2 rings (SSSR count). The molecule has 7 heteroatoms. The highest BCUT2D eigenvalue weighted by molar-refractivity contribution is 9.10. The predicted molar refractivity (Wildman–Crippen MR) is 114 cm³/mol. The number of anilines is 1. The van der Waals surface area contributed by atoms with Gasteiger partial charge in [-0.25, -0.2) is 0 Å². The molecule has 0 aliphatic rings. The van der Waals surface area contributed by atoms with Crippen LogP contribution in [0.3, 0.4) is 0 Å². The number of nitrogens with one attached hydrogen (secondary N) is 2. The van der Waals surface area contributed by atoms with Gasteiger partial charge in [0.1, 0.15) is 0 Å². The molecule has 2 aromatic carbocycles. The topological polar surface area (TPSA) is 78.5 Å². The van der Waals surface area contributed by atoms with E-state index >= 15 is 0 Å². The molecule has 0 aromatic heterocycles. The lowest BCUT2D eigenvalue weighted by atomic mass is 10.1. The van der Waals surface area contributed by atoms with E-state index in [9.17, 15) is 14.4 Å². The van der Waals surface area contributed by atoms with Crippen LogP contribution in [0.5, 0.6) is 0 Å². The number of carbonyl (C=O) groups excluding carboxylic acids is 3. The third-order valence-electron chi connectivity index (χ3n) is 4.04. The molecule has 0 aliphatic carbocycles. The molecule has 0 unspecified atom stereocenters. The zero-order valence-electron chi connectivity index (χ0n) is 16.0. The molecule has 0 saturated heterocycles. The first kappa shape index (κ1) is 21.4. The number of rotatable bonds is 6. The van der Waals surface area contributed by atoms with Gasteiger partial charge in [-0.2, -0.15) is 0 Å². The van der Waals surface area contributed by atoms with Gasteiger partial charge in [-0.3, -0.25) is 14.4 Å². The molecule has 0 fully saturated rings. The minimum atomic E-state index is -0.293. The molecule has 2 aromatic rings. The third-order valence-corrected chi connectivity index (χ3v) is 4.53. The van der Waals surface area contributed by atoms with Gasteiger partial charge < -0.3 is 15.5 Å². The highest BCUT2D eigenvalue weighted by Gasteiger charge is 2.12. The molecule has 0 spiro atoms. The molecule has 0 radical (unpaired) electrons. The number of benzene rings is 2. The van der Waals surface area contributed by atoms with E-state index in [1.165, 1.54) is 11.0 Å². The quantitative estimate of drug-likeness (QED) is 0.672. The van der Waals surface area contributed by atoms with Crippen LogP contribution in [0.1, 0.15) is 21.5 Å². The van der Waals surface area contributed by atoms with Crippen molar-refractivity contribution in [3.05, 3.63) is 69.7 Å². The second kappa shape index (κ2) is 9.85. The Balaban J connectivity index is 1.91. The van der Waals surface area contributed by atoms with Crippen LogP contribution in [0, 0.1) is 6.92 Å². The van der Waals surface area contributed by atoms with Crippen LogP contribution in [0.25, 0.3) is 6.08 Å². The molecular formula is C21H22BrN3O3. The average molecular weight is 444 g/mol. The van der Waals surface area contributed by atoms with Crippen LogP contribution in [0.15, 0.2) is 53.0 Å². The van der Waals surface area contributed by atoms with E-state index in [1.807, 2.05) is 25.1 Å². The minimum Gasteiger partial charge on any atom is -0.355 e. The molecule has 0 saturated carbocycles. The molecule has 6 nitrogen and oxygen atoms in total. The van der Waals surface area contributed by atoms with Gasteiger partial charge in [-0.1, -0.05) is 28.1 Å². The first-order valence-electron chi connectivity index (χ1n) is 8.61. The maximum absolute atomic E-state index is 12.2. The summed E-state index contributed by atoms with van der Waals surface area (Å²) in [7, 11) is 3.13. The number of hydrogen-bond acceptors (Lipinski definition) is 3. The second-order valence-electron chi connectivity index (χ2n) is 6.24. The van der Waals surface area contributed by atoms with Gasteiger partial charge in [0.2, 0.25) is 11.8 Å². The van der Waals surface area contributed by atoms with E-state index in [1.54, 1.807) is 44.4 Å². The van der Waals surface area contributed by atoms with Gasteiger partial charge >= 0.3 is 0 Å². The molecule has 3 amide bonds. The van der Waals surface area contributed by atoms with Crippen LogP contribution >= 0.6 is 15.9 Å². The first-order chi connectivity index (χ1) is 13.3. The van der Waals surface area contributed by atoms with E-state index in [4.69, 9.17) is 0 Å². The highest BCUT2D eigenvalue weighted by Crippen LogP contribution is 2.19. The fraction of sp³-hybridized carbons (Fsp3) is 0.190. The Labute approximate surface area is 172 Å². The SMILES string of the molecule is CNC(=O)c1ccc(/C=C/C(=O)N(C)CC(=O)Nc2ccc(Br)cc2C)cc1. The first-order valence-corrected chi connectivity index (χ1v) is 9.41. The molecule has 0 heterocycles. The molecule has 0 atom stereocenters. The number of halogens is 1. The van der Waals surface area contributed by atoms with Gasteiger partial charge in [0.25, 0.3) is 5.91 Å². The number of aryl methyl sites for hydroxylation is 1. The van der Waals surface area contributed by atoms with Crippen molar-refractivity contribution >= 4 is 45.4 Å². The fourth-order valence-corrected chi connectivity index (χ4v) is 2.91. The summed E-state index contributed by atoms with van der Waals surface area (Å²) in [6, 6.07) is 12.4. The van der Waals surface area contributed by atoms with Crippen molar-refractivity contribution in [2.24, 2.45) is 0 Å². The van der Waals surface area contributed by atoms with Crippen molar-refractivity contribution in [3.63, 3.8) is 0 Å². The van der Waals surface area contributed by atoms with E-state index in [0.29, 0.717) is 11.3 Å². The van der Waals surface area contributed by atoms with Gasteiger partial charge in [0.15, 0.2) is 0 Å². The Kier molecular flexibility index (Phi) is 7.52. The maximum Gasteiger partial charge on any atom is 0.251 e. The Morgan fingerprint density at radius 3 is 2.39 bits per heavy atom. The summed E-state index contributed by atoms with van der Waals surface area (Å²) >= 11 is 3.38. The number of carbonyl (C=O) groups is 3. The van der Waals surface area contributed by atoms with Crippen molar-refractivity contribution in [1.82, 2.24) is 10.2 Å². The van der Waals surface area contributed by atoms with Gasteiger partial charge in [-0.15, -0.1) is 0 Å². The summed E-state index contributed by atoms with van der Waals surface area (Å²) in [5.74, 6) is -0.735. The van der Waals surface area contributed by atoms with Gasteiger partial charge in [-0.05, 0) is 54.5 Å². The van der Waals surface area contributed by atoms with Gasteiger partial charge in [0, 0.05) is 35.9 Å². The summed E-state index contributed by atoms with van der Waals surface area (Å²) < 4.78 is 0.934. The van der Waals surface area contributed by atoms with E-state index in [-0.39, 0.29) is 24.3 Å². The van der Waals surface area contributed by atoms with E-state index in [0.717, 1.165) is 15.6 Å². The second-order valence-corrected chi connectivity index (χ2v) is 7.15. The number of hydrogen-bond donors (Lipinski definition) is 2. The van der Waals surface area contributed by atoms with Crippen LogP contribution in [0.2, 0.25) is 0 Å². The zero-order valence-corrected chi connectivity index (χ0v) is 17.5. The predicted octanol–water partition coefficient (Wildman–Crippen LogP) is 3.23. The molecule has 0 aliphatic heterocycles. The van der Waals surface area contributed by atoms with Crippen molar-refractivity contribution in [3.8, 4) is 0 Å². The molecular weight excluding hydrogens is 422 g/mol. The van der Waals surface area contributed by atoms with E-state index in [2.05, 4.69) is 26.6 Å². The summed E-state index contributed by atoms with van der Waals surface area (Å²) in [4.78, 5) is 37.3. The Hall–Kier alpha value is -2.93. The largest absolute Gasteiger partial charge is 0.355 e. The Morgan fingerprint density at radius 2 is 1.79 bits per heavy atom. The lowest BCUT2D eigenvalue weighted by molar-refractivity contribution is -0.129. The summed E-state index contributed by atoms with van der Waals surface area (Å²) in [5.41, 5.74) is 2.96. The summed E-state index contributed by atoms with van der Waals surface area (Å²) in [5, 5.41) is 5.35. The Bertz CT molecular complexity index is 908. The Morgan fingerprint density at radius 1 is 1.11 bits per heavy atom. The van der Waals surface area contributed by atoms with Crippen LogP contribution in [0.4, 0.5) is 5.69 Å². The lowest BCUT2D eigenvalue weighted by Gasteiger charge is -2.15. The molecule has 146 valence electrons. The summed E-state index contributed by atoms with van der Waals surface area (Å²) in [6.07, 6.45) is 3.04. The lowest BCUT2D eigenvalue weighted by Crippen LogP contribution is -2.34. The minimum absolute atomic E-state index is 0.0612. The zero-order chi connectivity index (χ0) is 20.7. The van der Waals surface area contributed by atoms with Crippen molar-refractivity contribution in [2.45, 2.75) is 6.92 Å². The summed E-state index contributed by atoms with van der Waals surface area (Å²) in [6.45, 7) is 1.83. The smallest absolute Gasteiger partial charge is 0.251 e. The van der Waals surface area contributed by atoms with Gasteiger partial charge in [0.05, 0.1) is 6.54 Å². The van der Waals surface area contributed by atoms with E-state index < -0.39 is 0 Å². The average Bonchev–Trinajstić information content (AvgIpc) is 2.68. The van der Waals surface area contributed by atoms with Crippen molar-refractivity contribution in [2.75, 3.05) is 26.0 Å². The van der Waals surface area contributed by atoms with Crippen molar-refractivity contribution < 1.29 is 14.4 Å². The van der Waals surface area contributed by atoms with Crippen LogP contribution in [-0.2, 0) is 9.59 Å². The maximum atomic E-state index is 12.2. The number of amides is 3. The molecule has 0 bridgehead atoms. The van der Waals surface area contributed by atoms with Crippen LogP contribution < -0.4 is 10.6 Å². The monoisotopic (exact) mass is 443 g/mol. The number of nitrogens with zero attached hydrogens (tertiary/aromatic N) is 1.